The number of benzene rings is 1. The summed E-state index contributed by atoms with van der Waals surface area (Å²) in [5.41, 5.74) is 8.47. The average molecular weight is 359 g/mol. The van der Waals surface area contributed by atoms with Gasteiger partial charge in [0.2, 0.25) is 0 Å². The van der Waals surface area contributed by atoms with Gasteiger partial charge in [0.25, 0.3) is 5.91 Å². The zero-order valence-electron chi connectivity index (χ0n) is 14.7. The third kappa shape index (κ3) is 4.87. The van der Waals surface area contributed by atoms with Crippen LogP contribution in [0.2, 0.25) is 0 Å². The van der Waals surface area contributed by atoms with Crippen LogP contribution in [0.4, 0.5) is 0 Å². The lowest BCUT2D eigenvalue weighted by atomic mass is 9.98. The molecule has 1 amide bonds. The normalized spacial score (nSPS) is 16.1. The molecule has 1 aliphatic heterocycles. The monoisotopic (exact) mass is 358 g/mol. The molecule has 0 aliphatic carbocycles. The number of hydrogen-bond donors (Lipinski definition) is 2. The van der Waals surface area contributed by atoms with Crippen LogP contribution in [-0.2, 0) is 19.6 Å². The molecule has 0 radical (unpaired) electrons. The van der Waals surface area contributed by atoms with Crippen molar-refractivity contribution < 1.29 is 4.79 Å². The lowest BCUT2D eigenvalue weighted by molar-refractivity contribution is 0.0946. The summed E-state index contributed by atoms with van der Waals surface area (Å²) in [6, 6.07) is 8.35. The maximum atomic E-state index is 12.3. The van der Waals surface area contributed by atoms with Crippen LogP contribution in [0, 0.1) is 5.92 Å². The quantitative estimate of drug-likeness (QED) is 0.833. The number of nitrogens with zero attached hydrogens (tertiary/aromatic N) is 2. The summed E-state index contributed by atoms with van der Waals surface area (Å²) in [6.45, 7) is 6.48. The summed E-state index contributed by atoms with van der Waals surface area (Å²) in [5, 5.41) is 5.53. The molecular formula is C19H26N4OS. The van der Waals surface area contributed by atoms with Crippen LogP contribution in [0.5, 0.6) is 0 Å². The van der Waals surface area contributed by atoms with E-state index in [9.17, 15) is 4.79 Å². The van der Waals surface area contributed by atoms with E-state index in [1.807, 2.05) is 6.07 Å². The molecular weight excluding hydrogens is 332 g/mol. The van der Waals surface area contributed by atoms with E-state index in [4.69, 9.17) is 5.73 Å². The van der Waals surface area contributed by atoms with Crippen molar-refractivity contribution >= 4 is 17.2 Å². The van der Waals surface area contributed by atoms with E-state index in [0.717, 1.165) is 30.6 Å². The Hall–Kier alpha value is -1.76. The Morgan fingerprint density at radius 3 is 2.72 bits per heavy atom. The number of thiazole rings is 1. The predicted octanol–water partition coefficient (Wildman–Crippen LogP) is 2.76. The standard InChI is InChI=1S/C19H26N4OS/c1-14-6-8-23(9-7-14)12-16-5-3-2-4-15(16)11-21-19(24)17-13-25-18(10-20)22-17/h2-5,13-14H,6-12,20H2,1H3,(H,21,24). The Labute approximate surface area is 153 Å². The van der Waals surface area contributed by atoms with Gasteiger partial charge in [-0.2, -0.15) is 0 Å². The van der Waals surface area contributed by atoms with Gasteiger partial charge in [-0.3, -0.25) is 9.69 Å². The number of rotatable bonds is 6. The molecule has 1 aromatic heterocycles. The van der Waals surface area contributed by atoms with E-state index in [-0.39, 0.29) is 5.91 Å². The molecule has 5 nitrogen and oxygen atoms in total. The van der Waals surface area contributed by atoms with Crippen molar-refractivity contribution in [1.82, 2.24) is 15.2 Å². The molecule has 2 aromatic rings. The second-order valence-electron chi connectivity index (χ2n) is 6.74. The molecule has 1 fully saturated rings. The van der Waals surface area contributed by atoms with Gasteiger partial charge in [0.15, 0.2) is 0 Å². The van der Waals surface area contributed by atoms with E-state index in [0.29, 0.717) is 18.8 Å². The van der Waals surface area contributed by atoms with Crippen molar-refractivity contribution in [3.63, 3.8) is 0 Å². The van der Waals surface area contributed by atoms with E-state index >= 15 is 0 Å². The van der Waals surface area contributed by atoms with Crippen molar-refractivity contribution in [2.75, 3.05) is 13.1 Å². The second kappa shape index (κ2) is 8.56. The van der Waals surface area contributed by atoms with E-state index in [1.54, 1.807) is 5.38 Å². The first-order valence-corrected chi connectivity index (χ1v) is 9.75. The van der Waals surface area contributed by atoms with Gasteiger partial charge in [0.1, 0.15) is 10.7 Å². The molecule has 1 aromatic carbocycles. The summed E-state index contributed by atoms with van der Waals surface area (Å²) >= 11 is 1.42. The molecule has 2 heterocycles. The number of piperidine rings is 1. The minimum atomic E-state index is -0.141. The molecule has 0 spiro atoms. The highest BCUT2D eigenvalue weighted by Gasteiger charge is 2.17. The van der Waals surface area contributed by atoms with Crippen molar-refractivity contribution in [3.05, 3.63) is 51.5 Å². The van der Waals surface area contributed by atoms with E-state index in [1.165, 1.54) is 35.3 Å². The molecule has 3 N–H and O–H groups in total. The van der Waals surface area contributed by atoms with Gasteiger partial charge in [-0.1, -0.05) is 31.2 Å². The number of nitrogens with one attached hydrogen (secondary N) is 1. The van der Waals surface area contributed by atoms with Gasteiger partial charge in [0.05, 0.1) is 0 Å². The Balaban J connectivity index is 1.59. The average Bonchev–Trinajstić information content (AvgIpc) is 3.12. The lowest BCUT2D eigenvalue weighted by Gasteiger charge is -2.30. The van der Waals surface area contributed by atoms with Crippen molar-refractivity contribution in [1.29, 1.82) is 0 Å². The van der Waals surface area contributed by atoms with E-state index < -0.39 is 0 Å². The SMILES string of the molecule is CC1CCN(Cc2ccccc2CNC(=O)c2csc(CN)n2)CC1. The number of nitrogens with two attached hydrogens (primary N) is 1. The first-order valence-electron chi connectivity index (χ1n) is 8.87. The summed E-state index contributed by atoms with van der Waals surface area (Å²) in [4.78, 5) is 19.0. The van der Waals surface area contributed by atoms with Crippen LogP contribution >= 0.6 is 11.3 Å². The second-order valence-corrected chi connectivity index (χ2v) is 7.68. The smallest absolute Gasteiger partial charge is 0.271 e. The Morgan fingerprint density at radius 1 is 1.32 bits per heavy atom. The first-order chi connectivity index (χ1) is 12.2. The number of amides is 1. The number of carbonyl (C=O) groups is 1. The third-order valence-corrected chi connectivity index (χ3v) is 5.66. The van der Waals surface area contributed by atoms with Crippen LogP contribution in [0.15, 0.2) is 29.6 Å². The lowest BCUT2D eigenvalue weighted by Crippen LogP contribution is -2.33. The molecule has 6 heteroatoms. The maximum Gasteiger partial charge on any atom is 0.271 e. The molecule has 25 heavy (non-hydrogen) atoms. The Morgan fingerprint density at radius 2 is 2.04 bits per heavy atom. The molecule has 134 valence electrons. The maximum absolute atomic E-state index is 12.3. The number of likely N-dealkylation sites (tertiary alicyclic amines) is 1. The zero-order valence-corrected chi connectivity index (χ0v) is 15.5. The molecule has 0 unspecified atom stereocenters. The Bertz CT molecular complexity index is 707. The molecule has 0 saturated carbocycles. The molecule has 0 atom stereocenters. The summed E-state index contributed by atoms with van der Waals surface area (Å²) < 4.78 is 0. The molecule has 3 rings (SSSR count). The summed E-state index contributed by atoms with van der Waals surface area (Å²) in [6.07, 6.45) is 2.54. The number of carbonyl (C=O) groups excluding carboxylic acids is 1. The molecule has 0 bridgehead atoms. The van der Waals surface area contributed by atoms with Gasteiger partial charge in [-0.25, -0.2) is 4.98 Å². The van der Waals surface area contributed by atoms with Crippen molar-refractivity contribution in [2.45, 2.75) is 39.4 Å². The minimum Gasteiger partial charge on any atom is -0.347 e. The van der Waals surface area contributed by atoms with Gasteiger partial charge in [-0.05, 0) is 43.0 Å². The highest BCUT2D eigenvalue weighted by Crippen LogP contribution is 2.19. The van der Waals surface area contributed by atoms with Crippen molar-refractivity contribution in [3.8, 4) is 0 Å². The largest absolute Gasteiger partial charge is 0.347 e. The van der Waals surface area contributed by atoms with Crippen molar-refractivity contribution in [2.24, 2.45) is 11.7 Å². The van der Waals surface area contributed by atoms with Gasteiger partial charge >= 0.3 is 0 Å². The predicted molar refractivity (Wildman–Crippen MR) is 101 cm³/mol. The van der Waals surface area contributed by atoms with Crippen LogP contribution in [0.3, 0.4) is 0 Å². The molecule has 1 saturated heterocycles. The Kier molecular flexibility index (Phi) is 6.18. The van der Waals surface area contributed by atoms with Gasteiger partial charge in [-0.15, -0.1) is 11.3 Å². The van der Waals surface area contributed by atoms with Crippen LogP contribution in [0.1, 0.15) is 46.4 Å². The van der Waals surface area contributed by atoms with Crippen LogP contribution in [-0.4, -0.2) is 28.9 Å². The fourth-order valence-electron chi connectivity index (χ4n) is 3.12. The first kappa shape index (κ1) is 18.0. The highest BCUT2D eigenvalue weighted by molar-refractivity contribution is 7.09. The fraction of sp³-hybridized carbons (Fsp3) is 0.474. The highest BCUT2D eigenvalue weighted by atomic mass is 32.1. The van der Waals surface area contributed by atoms with Crippen LogP contribution in [0.25, 0.3) is 0 Å². The minimum absolute atomic E-state index is 0.141. The number of aromatic nitrogens is 1. The van der Waals surface area contributed by atoms with Gasteiger partial charge in [0, 0.05) is 25.0 Å². The summed E-state index contributed by atoms with van der Waals surface area (Å²) in [7, 11) is 0. The number of hydrogen-bond acceptors (Lipinski definition) is 5. The zero-order chi connectivity index (χ0) is 17.6. The fourth-order valence-corrected chi connectivity index (χ4v) is 3.77. The topological polar surface area (TPSA) is 71.2 Å². The van der Waals surface area contributed by atoms with Gasteiger partial charge < -0.3 is 11.1 Å². The summed E-state index contributed by atoms with van der Waals surface area (Å²) in [5.74, 6) is 0.694. The molecule has 1 aliphatic rings. The van der Waals surface area contributed by atoms with E-state index in [2.05, 4.69) is 40.3 Å². The van der Waals surface area contributed by atoms with Crippen LogP contribution < -0.4 is 11.1 Å². The third-order valence-electron chi connectivity index (χ3n) is 4.79.